The lowest BCUT2D eigenvalue weighted by molar-refractivity contribution is 0.110. The van der Waals surface area contributed by atoms with E-state index in [0.29, 0.717) is 16.8 Å². The monoisotopic (exact) mass is 421 g/mol. The van der Waals surface area contributed by atoms with Gasteiger partial charge in [0.05, 0.1) is 16.9 Å². The molecule has 1 aliphatic carbocycles. The van der Waals surface area contributed by atoms with Gasteiger partial charge in [0.1, 0.15) is 5.60 Å². The van der Waals surface area contributed by atoms with Crippen molar-refractivity contribution < 1.29 is 5.11 Å². The third-order valence-electron chi connectivity index (χ3n) is 6.15. The standard InChI is InChI=1S/C23H24ClN5O/c24-19-13-27-22(25)28-21(19)18-14-29(16-6-10-26-12-16)20-4-3-15(11-17(18)20)5-9-23(30)7-1-2-8-23/h3-4,11,13-14,16,26,30H,1-2,6-8,10,12H2,(H2,25,27,28). The Labute approximate surface area is 180 Å². The van der Waals surface area contributed by atoms with Gasteiger partial charge < -0.3 is 20.7 Å². The fourth-order valence-corrected chi connectivity index (χ4v) is 4.74. The van der Waals surface area contributed by atoms with Crippen LogP contribution in [-0.2, 0) is 0 Å². The molecule has 3 aromatic rings. The van der Waals surface area contributed by atoms with E-state index in [-0.39, 0.29) is 5.95 Å². The van der Waals surface area contributed by atoms with Gasteiger partial charge in [-0.1, -0.05) is 23.4 Å². The molecule has 7 heteroatoms. The van der Waals surface area contributed by atoms with E-state index < -0.39 is 5.60 Å². The van der Waals surface area contributed by atoms with Crippen LogP contribution in [0.4, 0.5) is 5.95 Å². The number of rotatable bonds is 2. The summed E-state index contributed by atoms with van der Waals surface area (Å²) in [6, 6.07) is 6.55. The number of nitrogens with zero attached hydrogens (tertiary/aromatic N) is 3. The second-order valence-electron chi connectivity index (χ2n) is 8.24. The Hall–Kier alpha value is -2.59. The summed E-state index contributed by atoms with van der Waals surface area (Å²) >= 11 is 6.44. The minimum absolute atomic E-state index is 0.192. The molecule has 0 amide bonds. The van der Waals surface area contributed by atoms with Gasteiger partial charge in [0.25, 0.3) is 0 Å². The van der Waals surface area contributed by atoms with Crippen molar-refractivity contribution in [2.45, 2.75) is 43.7 Å². The molecule has 1 aliphatic heterocycles. The number of hydrogen-bond donors (Lipinski definition) is 3. The molecule has 1 saturated carbocycles. The number of anilines is 1. The Kier molecular flexibility index (Phi) is 4.90. The number of aliphatic hydroxyl groups is 1. The van der Waals surface area contributed by atoms with Gasteiger partial charge in [0.2, 0.25) is 5.95 Å². The Morgan fingerprint density at radius 1 is 1.30 bits per heavy atom. The third kappa shape index (κ3) is 3.54. The van der Waals surface area contributed by atoms with Gasteiger partial charge in [0.15, 0.2) is 0 Å². The summed E-state index contributed by atoms with van der Waals surface area (Å²) in [6.45, 7) is 1.93. The van der Waals surface area contributed by atoms with Crippen LogP contribution in [0.1, 0.15) is 43.7 Å². The van der Waals surface area contributed by atoms with Gasteiger partial charge in [-0.2, -0.15) is 0 Å². The molecule has 30 heavy (non-hydrogen) atoms. The van der Waals surface area contributed by atoms with Crippen molar-refractivity contribution >= 4 is 28.5 Å². The first-order chi connectivity index (χ1) is 14.5. The predicted octanol–water partition coefficient (Wildman–Crippen LogP) is 3.52. The van der Waals surface area contributed by atoms with Crippen LogP contribution in [0.2, 0.25) is 5.02 Å². The summed E-state index contributed by atoms with van der Waals surface area (Å²) in [5.74, 6) is 6.48. The van der Waals surface area contributed by atoms with Crippen LogP contribution in [0.25, 0.3) is 22.2 Å². The van der Waals surface area contributed by atoms with Crippen molar-refractivity contribution in [3.8, 4) is 23.1 Å². The fraction of sp³-hybridized carbons (Fsp3) is 0.391. The molecular formula is C23H24ClN5O. The van der Waals surface area contributed by atoms with Crippen LogP contribution in [0.15, 0.2) is 30.6 Å². The first-order valence-corrected chi connectivity index (χ1v) is 10.8. The second-order valence-corrected chi connectivity index (χ2v) is 8.65. The molecule has 3 heterocycles. The summed E-state index contributed by atoms with van der Waals surface area (Å²) in [5, 5.41) is 15.5. The van der Waals surface area contributed by atoms with Crippen molar-refractivity contribution in [2.24, 2.45) is 0 Å². The normalized spacial score (nSPS) is 20.4. The van der Waals surface area contributed by atoms with Crippen LogP contribution in [0, 0.1) is 11.8 Å². The van der Waals surface area contributed by atoms with Crippen LogP contribution >= 0.6 is 11.6 Å². The van der Waals surface area contributed by atoms with Gasteiger partial charge in [0, 0.05) is 40.8 Å². The molecule has 1 atom stereocenters. The number of nitrogens with two attached hydrogens (primary N) is 1. The molecular weight excluding hydrogens is 398 g/mol. The van der Waals surface area contributed by atoms with E-state index in [2.05, 4.69) is 50.0 Å². The summed E-state index contributed by atoms with van der Waals surface area (Å²) in [5.41, 5.74) is 8.51. The van der Waals surface area contributed by atoms with Crippen molar-refractivity contribution in [3.05, 3.63) is 41.2 Å². The molecule has 5 rings (SSSR count). The minimum Gasteiger partial charge on any atom is -0.378 e. The van der Waals surface area contributed by atoms with Crippen molar-refractivity contribution in [3.63, 3.8) is 0 Å². The molecule has 0 radical (unpaired) electrons. The van der Waals surface area contributed by atoms with Crippen LogP contribution < -0.4 is 11.1 Å². The van der Waals surface area contributed by atoms with E-state index in [1.165, 1.54) is 0 Å². The maximum atomic E-state index is 10.6. The lowest BCUT2D eigenvalue weighted by atomic mass is 10.0. The molecule has 154 valence electrons. The molecule has 1 unspecified atom stereocenters. The van der Waals surface area contributed by atoms with Gasteiger partial charge >= 0.3 is 0 Å². The molecule has 0 bridgehead atoms. The van der Waals surface area contributed by atoms with Gasteiger partial charge in [-0.3, -0.25) is 0 Å². The summed E-state index contributed by atoms with van der Waals surface area (Å²) in [7, 11) is 0. The lowest BCUT2D eigenvalue weighted by Crippen LogP contribution is -2.20. The molecule has 1 aromatic carbocycles. The molecule has 2 aliphatic rings. The number of hydrogen-bond acceptors (Lipinski definition) is 5. The van der Waals surface area contributed by atoms with E-state index in [4.69, 9.17) is 17.3 Å². The largest absolute Gasteiger partial charge is 0.378 e. The Morgan fingerprint density at radius 2 is 2.13 bits per heavy atom. The van der Waals surface area contributed by atoms with E-state index >= 15 is 0 Å². The minimum atomic E-state index is -0.857. The smallest absolute Gasteiger partial charge is 0.220 e. The zero-order valence-corrected chi connectivity index (χ0v) is 17.4. The van der Waals surface area contributed by atoms with Crippen LogP contribution in [0.3, 0.4) is 0 Å². The lowest BCUT2D eigenvalue weighted by Gasteiger charge is -2.13. The average Bonchev–Trinajstić information content (AvgIpc) is 3.48. The number of fused-ring (bicyclic) bond motifs is 1. The van der Waals surface area contributed by atoms with Gasteiger partial charge in [-0.25, -0.2) is 9.97 Å². The van der Waals surface area contributed by atoms with E-state index in [1.807, 2.05) is 6.07 Å². The number of benzene rings is 1. The van der Waals surface area contributed by atoms with Gasteiger partial charge in [-0.15, -0.1) is 0 Å². The quantitative estimate of drug-likeness (QED) is 0.551. The third-order valence-corrected chi connectivity index (χ3v) is 6.43. The highest BCUT2D eigenvalue weighted by atomic mass is 35.5. The summed E-state index contributed by atoms with van der Waals surface area (Å²) in [4.78, 5) is 8.41. The molecule has 0 spiro atoms. The summed E-state index contributed by atoms with van der Waals surface area (Å²) in [6.07, 6.45) is 8.26. The van der Waals surface area contributed by atoms with Crippen molar-refractivity contribution in [1.29, 1.82) is 0 Å². The number of aromatic nitrogens is 3. The molecule has 2 aromatic heterocycles. The maximum absolute atomic E-state index is 10.6. The first-order valence-electron chi connectivity index (χ1n) is 10.4. The second kappa shape index (κ2) is 7.59. The van der Waals surface area contributed by atoms with Gasteiger partial charge in [-0.05, 0) is 56.8 Å². The van der Waals surface area contributed by atoms with E-state index in [9.17, 15) is 5.11 Å². The fourth-order valence-electron chi connectivity index (χ4n) is 4.54. The zero-order valence-electron chi connectivity index (χ0n) is 16.7. The van der Waals surface area contributed by atoms with Crippen LogP contribution in [0.5, 0.6) is 0 Å². The topological polar surface area (TPSA) is 89.0 Å². The van der Waals surface area contributed by atoms with Crippen molar-refractivity contribution in [1.82, 2.24) is 19.9 Å². The zero-order chi connectivity index (χ0) is 20.7. The SMILES string of the molecule is Nc1ncc(Cl)c(-c2cn(C3CCNC3)c3ccc(C#CC4(O)CCCC4)cc23)n1. The average molecular weight is 422 g/mol. The van der Waals surface area contributed by atoms with Crippen molar-refractivity contribution in [2.75, 3.05) is 18.8 Å². The molecule has 4 N–H and O–H groups in total. The molecule has 2 fully saturated rings. The number of halogens is 1. The summed E-state index contributed by atoms with van der Waals surface area (Å²) < 4.78 is 2.29. The predicted molar refractivity (Wildman–Crippen MR) is 119 cm³/mol. The highest BCUT2D eigenvalue weighted by Crippen LogP contribution is 2.37. The highest BCUT2D eigenvalue weighted by molar-refractivity contribution is 6.33. The highest BCUT2D eigenvalue weighted by Gasteiger charge is 2.28. The Balaban J connectivity index is 1.65. The number of nitrogens with one attached hydrogen (secondary N) is 1. The molecule has 6 nitrogen and oxygen atoms in total. The van der Waals surface area contributed by atoms with E-state index in [1.54, 1.807) is 6.20 Å². The first kappa shape index (κ1) is 19.4. The van der Waals surface area contributed by atoms with Crippen LogP contribution in [-0.4, -0.2) is 38.3 Å². The molecule has 1 saturated heterocycles. The number of nitrogen functional groups attached to an aromatic ring is 1. The Morgan fingerprint density at radius 3 is 2.90 bits per heavy atom. The Bertz CT molecular complexity index is 1160. The maximum Gasteiger partial charge on any atom is 0.220 e. The van der Waals surface area contributed by atoms with E-state index in [0.717, 1.165) is 67.2 Å².